The van der Waals surface area contributed by atoms with Crippen molar-refractivity contribution in [1.29, 1.82) is 0 Å². The first-order chi connectivity index (χ1) is 30.7. The van der Waals surface area contributed by atoms with Crippen molar-refractivity contribution in [1.82, 2.24) is 9.97 Å². The van der Waals surface area contributed by atoms with Crippen molar-refractivity contribution < 1.29 is 4.42 Å². The second kappa shape index (κ2) is 14.5. The summed E-state index contributed by atoms with van der Waals surface area (Å²) < 4.78 is 6.49. The zero-order chi connectivity index (χ0) is 41.0. The highest BCUT2D eigenvalue weighted by atomic mass is 16.3. The molecule has 290 valence electrons. The Balaban J connectivity index is 1.01. The van der Waals surface area contributed by atoms with Crippen molar-refractivity contribution in [3.05, 3.63) is 253 Å². The van der Waals surface area contributed by atoms with Gasteiger partial charge in [-0.25, -0.2) is 9.97 Å². The maximum atomic E-state index is 6.49. The Morgan fingerprint density at radius 2 is 0.903 bits per heavy atom. The summed E-state index contributed by atoms with van der Waals surface area (Å²) in [7, 11) is 0. The first kappa shape index (κ1) is 35.8. The minimum atomic E-state index is -0.526. The molecular formula is C59H38N2O. The number of furan rings is 1. The Bertz CT molecular complexity index is 3390. The molecule has 3 nitrogen and oxygen atoms in total. The van der Waals surface area contributed by atoms with E-state index >= 15 is 0 Å². The van der Waals surface area contributed by atoms with Crippen molar-refractivity contribution in [2.24, 2.45) is 0 Å². The Hall–Kier alpha value is -8.14. The van der Waals surface area contributed by atoms with E-state index in [1.807, 2.05) is 30.3 Å². The zero-order valence-corrected chi connectivity index (χ0v) is 33.7. The summed E-state index contributed by atoms with van der Waals surface area (Å²) in [6.07, 6.45) is 0. The van der Waals surface area contributed by atoms with Gasteiger partial charge in [-0.15, -0.1) is 0 Å². The number of hydrogen-bond acceptors (Lipinski definition) is 3. The molecule has 0 amide bonds. The van der Waals surface area contributed by atoms with E-state index in [0.717, 1.165) is 61.1 Å². The summed E-state index contributed by atoms with van der Waals surface area (Å²) in [6.45, 7) is 0. The van der Waals surface area contributed by atoms with E-state index in [4.69, 9.17) is 14.4 Å². The van der Waals surface area contributed by atoms with E-state index in [1.54, 1.807) is 0 Å². The first-order valence-electron chi connectivity index (χ1n) is 21.1. The van der Waals surface area contributed by atoms with Gasteiger partial charge in [0.15, 0.2) is 5.82 Å². The predicted octanol–water partition coefficient (Wildman–Crippen LogP) is 15.1. The van der Waals surface area contributed by atoms with Crippen molar-refractivity contribution >= 4 is 21.9 Å². The Morgan fingerprint density at radius 1 is 0.339 bits per heavy atom. The molecule has 1 aliphatic carbocycles. The van der Waals surface area contributed by atoms with Crippen LogP contribution in [-0.4, -0.2) is 9.97 Å². The number of fused-ring (bicyclic) bond motifs is 6. The number of rotatable bonds is 7. The van der Waals surface area contributed by atoms with E-state index in [-0.39, 0.29) is 0 Å². The molecule has 0 saturated carbocycles. The molecule has 11 aromatic rings. The summed E-state index contributed by atoms with van der Waals surface area (Å²) in [5.41, 5.74) is 18.1. The lowest BCUT2D eigenvalue weighted by Crippen LogP contribution is -2.28. The van der Waals surface area contributed by atoms with Crippen LogP contribution in [0.5, 0.6) is 0 Å². The first-order valence-corrected chi connectivity index (χ1v) is 21.1. The third kappa shape index (κ3) is 5.67. The Labute approximate surface area is 360 Å². The summed E-state index contributed by atoms with van der Waals surface area (Å²) in [4.78, 5) is 10.3. The van der Waals surface area contributed by atoms with Crippen LogP contribution in [0.25, 0.3) is 89.2 Å². The van der Waals surface area contributed by atoms with Gasteiger partial charge < -0.3 is 4.42 Å². The molecule has 3 heteroatoms. The molecule has 0 spiro atoms. The van der Waals surface area contributed by atoms with Crippen molar-refractivity contribution in [2.45, 2.75) is 5.41 Å². The van der Waals surface area contributed by atoms with Gasteiger partial charge in [0.05, 0.1) is 16.8 Å². The monoisotopic (exact) mass is 790 g/mol. The quantitative estimate of drug-likeness (QED) is 0.161. The number of benzene rings is 9. The van der Waals surface area contributed by atoms with Gasteiger partial charge in [0.25, 0.3) is 0 Å². The van der Waals surface area contributed by atoms with Crippen LogP contribution in [0.1, 0.15) is 22.3 Å². The highest BCUT2D eigenvalue weighted by molar-refractivity contribution is 6.09. The predicted molar refractivity (Wildman–Crippen MR) is 254 cm³/mol. The van der Waals surface area contributed by atoms with Gasteiger partial charge in [0, 0.05) is 27.5 Å². The molecule has 0 radical (unpaired) electrons. The lowest BCUT2D eigenvalue weighted by molar-refractivity contribution is 0.670. The van der Waals surface area contributed by atoms with Gasteiger partial charge in [0.2, 0.25) is 0 Å². The van der Waals surface area contributed by atoms with Crippen LogP contribution in [0.2, 0.25) is 0 Å². The minimum absolute atomic E-state index is 0.526. The molecule has 62 heavy (non-hydrogen) atoms. The number of nitrogens with zero attached hydrogens (tertiary/aromatic N) is 2. The highest BCUT2D eigenvalue weighted by Crippen LogP contribution is 2.59. The molecule has 0 bridgehead atoms. The van der Waals surface area contributed by atoms with Crippen LogP contribution in [-0.2, 0) is 5.41 Å². The summed E-state index contributed by atoms with van der Waals surface area (Å²) in [5.74, 6) is 0.668. The molecular weight excluding hydrogens is 753 g/mol. The minimum Gasteiger partial charge on any atom is -0.455 e. The van der Waals surface area contributed by atoms with Gasteiger partial charge >= 0.3 is 0 Å². The van der Waals surface area contributed by atoms with Crippen LogP contribution >= 0.6 is 0 Å². The van der Waals surface area contributed by atoms with Crippen LogP contribution in [0.4, 0.5) is 0 Å². The SMILES string of the molecule is c1ccc(-c2nc(-c3ccc(-c4ccc5c(c4)C(c4ccccc4)(c4ccccc4)c4cccc(-c6ccccc6)c4-5)cc3)cc(-c3cccc4c3oc3ccccc34)n2)cc1. The van der Waals surface area contributed by atoms with Crippen LogP contribution in [0.15, 0.2) is 235 Å². The fourth-order valence-electron chi connectivity index (χ4n) is 9.81. The molecule has 1 aliphatic rings. The Kier molecular flexibility index (Phi) is 8.39. The maximum Gasteiger partial charge on any atom is 0.160 e. The van der Waals surface area contributed by atoms with E-state index in [2.05, 4.69) is 200 Å². The van der Waals surface area contributed by atoms with Crippen LogP contribution in [0, 0.1) is 0 Å². The fraction of sp³-hybridized carbons (Fsp3) is 0.0169. The van der Waals surface area contributed by atoms with E-state index in [9.17, 15) is 0 Å². The molecule has 0 unspecified atom stereocenters. The zero-order valence-electron chi connectivity index (χ0n) is 33.7. The normalized spacial score (nSPS) is 12.6. The molecule has 0 atom stereocenters. The van der Waals surface area contributed by atoms with Crippen LogP contribution < -0.4 is 0 Å². The molecule has 2 heterocycles. The third-order valence-corrected chi connectivity index (χ3v) is 12.6. The smallest absolute Gasteiger partial charge is 0.160 e. The second-order valence-electron chi connectivity index (χ2n) is 16.0. The molecule has 9 aromatic carbocycles. The third-order valence-electron chi connectivity index (χ3n) is 12.6. The van der Waals surface area contributed by atoms with Crippen molar-refractivity contribution in [3.63, 3.8) is 0 Å². The van der Waals surface area contributed by atoms with E-state index < -0.39 is 5.41 Å². The average molecular weight is 791 g/mol. The molecule has 0 aliphatic heterocycles. The summed E-state index contributed by atoms with van der Waals surface area (Å²) >= 11 is 0. The van der Waals surface area contributed by atoms with Gasteiger partial charge in [-0.3, -0.25) is 0 Å². The largest absolute Gasteiger partial charge is 0.455 e. The molecule has 12 rings (SSSR count). The van der Waals surface area contributed by atoms with Gasteiger partial charge in [-0.2, -0.15) is 0 Å². The molecule has 0 fully saturated rings. The fourth-order valence-corrected chi connectivity index (χ4v) is 9.81. The van der Waals surface area contributed by atoms with Crippen molar-refractivity contribution in [3.8, 4) is 67.3 Å². The van der Waals surface area contributed by atoms with E-state index in [0.29, 0.717) is 5.82 Å². The van der Waals surface area contributed by atoms with Crippen molar-refractivity contribution in [2.75, 3.05) is 0 Å². The lowest BCUT2D eigenvalue weighted by Gasteiger charge is -2.34. The molecule has 0 N–H and O–H groups in total. The number of hydrogen-bond donors (Lipinski definition) is 0. The topological polar surface area (TPSA) is 38.9 Å². The van der Waals surface area contributed by atoms with Gasteiger partial charge in [0.1, 0.15) is 11.2 Å². The number of aromatic nitrogens is 2. The summed E-state index contributed by atoms with van der Waals surface area (Å²) in [6, 6.07) is 82.4. The molecule has 0 saturated heterocycles. The Morgan fingerprint density at radius 3 is 1.63 bits per heavy atom. The van der Waals surface area contributed by atoms with Gasteiger partial charge in [-0.05, 0) is 79.9 Å². The standard InChI is InChI=1S/C59H38N2O/c1-5-17-40(18-6-1)46-26-16-29-51-56(46)49-36-35-43(37-52(49)59(51,44-21-9-3-10-22-44)45-23-11-4-12-24-45)39-31-33-41(34-32-39)53-38-54(61-58(60-53)42-19-7-2-8-20-42)50-28-15-27-48-47-25-13-14-30-55(47)62-57(48)50/h1-38H. The van der Waals surface area contributed by atoms with E-state index in [1.165, 1.54) is 44.5 Å². The molecule has 2 aromatic heterocycles. The van der Waals surface area contributed by atoms with Gasteiger partial charge in [-0.1, -0.05) is 206 Å². The lowest BCUT2D eigenvalue weighted by atomic mass is 9.67. The summed E-state index contributed by atoms with van der Waals surface area (Å²) in [5, 5.41) is 2.16. The maximum absolute atomic E-state index is 6.49. The number of para-hydroxylation sites is 2. The average Bonchev–Trinajstić information content (AvgIpc) is 3.89. The van der Waals surface area contributed by atoms with Crippen LogP contribution in [0.3, 0.4) is 0 Å². The highest BCUT2D eigenvalue weighted by Gasteiger charge is 2.47. The second-order valence-corrected chi connectivity index (χ2v) is 16.0.